The first-order valence-electron chi connectivity index (χ1n) is 9.76. The van der Waals surface area contributed by atoms with Gasteiger partial charge in [-0.15, -0.1) is 0 Å². The zero-order valence-corrected chi connectivity index (χ0v) is 18.4. The Morgan fingerprint density at radius 3 is 2.42 bits per heavy atom. The average molecular weight is 458 g/mol. The number of carbonyl (C=O) groups is 1. The second-order valence-electron chi connectivity index (χ2n) is 7.28. The molecule has 0 unspecified atom stereocenters. The predicted octanol–water partition coefficient (Wildman–Crippen LogP) is 6.11. The number of ether oxygens (including phenoxy) is 2. The molecule has 2 amide bonds. The predicted molar refractivity (Wildman–Crippen MR) is 122 cm³/mol. The number of nitrogens with zero attached hydrogens (tertiary/aromatic N) is 1. The van der Waals surface area contributed by atoms with Gasteiger partial charge in [0.2, 0.25) is 0 Å². The van der Waals surface area contributed by atoms with Gasteiger partial charge in [-0.25, -0.2) is 9.78 Å². The van der Waals surface area contributed by atoms with Crippen molar-refractivity contribution >= 4 is 35.1 Å². The van der Waals surface area contributed by atoms with Crippen LogP contribution in [0.2, 0.25) is 10.0 Å². The first-order chi connectivity index (χ1) is 15.0. The third-order valence-electron chi connectivity index (χ3n) is 5.27. The highest BCUT2D eigenvalue weighted by Gasteiger charge is 2.51. The van der Waals surface area contributed by atoms with Gasteiger partial charge in [0.05, 0.1) is 18.3 Å². The van der Waals surface area contributed by atoms with Crippen LogP contribution in [0.15, 0.2) is 60.8 Å². The molecule has 3 atom stereocenters. The Morgan fingerprint density at radius 2 is 1.74 bits per heavy atom. The zero-order chi connectivity index (χ0) is 22.0. The molecule has 2 aromatic carbocycles. The molecule has 3 aromatic rings. The van der Waals surface area contributed by atoms with Gasteiger partial charge in [0.25, 0.3) is 0 Å². The van der Waals surface area contributed by atoms with Crippen LogP contribution in [0.1, 0.15) is 18.4 Å². The Labute approximate surface area is 190 Å². The quantitative estimate of drug-likeness (QED) is 0.467. The molecule has 1 aliphatic rings. The summed E-state index contributed by atoms with van der Waals surface area (Å²) in [6.45, 7) is 2.04. The fourth-order valence-corrected chi connectivity index (χ4v) is 4.15. The summed E-state index contributed by atoms with van der Waals surface area (Å²) in [4.78, 5) is 16.7. The summed E-state index contributed by atoms with van der Waals surface area (Å²) in [5.74, 6) is 2.46. The van der Waals surface area contributed by atoms with Gasteiger partial charge < -0.3 is 14.8 Å². The highest BCUT2D eigenvalue weighted by Crippen LogP contribution is 2.54. The van der Waals surface area contributed by atoms with E-state index >= 15 is 0 Å². The van der Waals surface area contributed by atoms with Crippen LogP contribution in [0, 0.1) is 5.92 Å². The molecule has 0 aliphatic heterocycles. The van der Waals surface area contributed by atoms with E-state index in [0.717, 1.165) is 5.56 Å². The van der Waals surface area contributed by atoms with Crippen LogP contribution >= 0.6 is 23.2 Å². The fourth-order valence-electron chi connectivity index (χ4n) is 3.64. The van der Waals surface area contributed by atoms with Crippen LogP contribution in [-0.2, 0) is 0 Å². The van der Waals surface area contributed by atoms with E-state index in [1.165, 1.54) is 0 Å². The van der Waals surface area contributed by atoms with E-state index in [1.54, 1.807) is 37.6 Å². The Kier molecular flexibility index (Phi) is 6.20. The molecular weight excluding hydrogens is 437 g/mol. The van der Waals surface area contributed by atoms with E-state index < -0.39 is 0 Å². The average Bonchev–Trinajstić information content (AvgIpc) is 3.39. The van der Waals surface area contributed by atoms with Crippen LogP contribution in [0.4, 0.5) is 10.6 Å². The van der Waals surface area contributed by atoms with Crippen molar-refractivity contribution in [3.8, 4) is 17.2 Å². The number of hydrogen-bond acceptors (Lipinski definition) is 4. The van der Waals surface area contributed by atoms with Gasteiger partial charge in [0.1, 0.15) is 23.1 Å². The number of benzene rings is 2. The number of amides is 2. The van der Waals surface area contributed by atoms with Crippen LogP contribution in [0.5, 0.6) is 17.2 Å². The molecule has 0 radical (unpaired) electrons. The van der Waals surface area contributed by atoms with Crippen LogP contribution < -0.4 is 20.1 Å². The molecule has 1 aromatic heterocycles. The van der Waals surface area contributed by atoms with Crippen molar-refractivity contribution in [1.82, 2.24) is 10.3 Å². The standard InChI is InChI=1S/C23H21Cl2N3O3/c1-13-19(20-16(24)9-10-17(25)22(20)30-2)21(13)28-23(29)27-18-11-8-15(12-26-18)31-14-6-4-3-5-7-14/h3-13,19,21H,1-2H3,(H2,26,27,28,29)/t13-,19-,21-/m1/s1. The van der Waals surface area contributed by atoms with Crippen molar-refractivity contribution in [2.75, 3.05) is 12.4 Å². The molecule has 6 nitrogen and oxygen atoms in total. The van der Waals surface area contributed by atoms with Gasteiger partial charge >= 0.3 is 6.03 Å². The molecule has 160 valence electrons. The lowest BCUT2D eigenvalue weighted by atomic mass is 10.1. The van der Waals surface area contributed by atoms with E-state index in [2.05, 4.69) is 15.6 Å². The van der Waals surface area contributed by atoms with Crippen molar-refractivity contribution in [1.29, 1.82) is 0 Å². The first kappa shape index (κ1) is 21.3. The second kappa shape index (κ2) is 9.04. The van der Waals surface area contributed by atoms with Crippen molar-refractivity contribution < 1.29 is 14.3 Å². The maximum atomic E-state index is 12.5. The van der Waals surface area contributed by atoms with Crippen LogP contribution in [0.3, 0.4) is 0 Å². The van der Waals surface area contributed by atoms with E-state index in [-0.39, 0.29) is 23.9 Å². The van der Waals surface area contributed by atoms with E-state index in [9.17, 15) is 4.79 Å². The minimum atomic E-state index is -0.347. The molecule has 1 saturated carbocycles. The third kappa shape index (κ3) is 4.70. The van der Waals surface area contributed by atoms with Gasteiger partial charge in [-0.05, 0) is 42.3 Å². The number of carbonyl (C=O) groups excluding carboxylic acids is 1. The molecule has 0 spiro atoms. The monoisotopic (exact) mass is 457 g/mol. The Balaban J connectivity index is 1.37. The minimum absolute atomic E-state index is 0.0153. The van der Waals surface area contributed by atoms with Crippen LogP contribution in [0.25, 0.3) is 0 Å². The molecular formula is C23H21Cl2N3O3. The zero-order valence-electron chi connectivity index (χ0n) is 16.9. The maximum Gasteiger partial charge on any atom is 0.320 e. The lowest BCUT2D eigenvalue weighted by molar-refractivity contribution is 0.251. The van der Waals surface area contributed by atoms with Crippen molar-refractivity contribution in [2.24, 2.45) is 5.92 Å². The number of pyridine rings is 1. The second-order valence-corrected chi connectivity index (χ2v) is 8.09. The number of nitrogens with one attached hydrogen (secondary N) is 2. The van der Waals surface area contributed by atoms with E-state index in [1.807, 2.05) is 37.3 Å². The summed E-state index contributed by atoms with van der Waals surface area (Å²) < 4.78 is 11.1. The van der Waals surface area contributed by atoms with Crippen molar-refractivity contribution in [3.63, 3.8) is 0 Å². The summed E-state index contributed by atoms with van der Waals surface area (Å²) in [5, 5.41) is 6.78. The first-order valence-corrected chi connectivity index (χ1v) is 10.5. The van der Waals surface area contributed by atoms with Crippen molar-refractivity contribution in [2.45, 2.75) is 18.9 Å². The summed E-state index contributed by atoms with van der Waals surface area (Å²) >= 11 is 12.6. The SMILES string of the molecule is COc1c(Cl)ccc(Cl)c1[C@H]1[C@@H](C)[C@H]1NC(=O)Nc1ccc(Oc2ccccc2)cn1. The number of anilines is 1. The largest absolute Gasteiger partial charge is 0.495 e. The van der Waals surface area contributed by atoms with Gasteiger partial charge in [-0.2, -0.15) is 0 Å². The number of urea groups is 1. The molecule has 1 heterocycles. The Hall–Kier alpha value is -2.96. The summed E-state index contributed by atoms with van der Waals surface area (Å²) in [6, 6.07) is 15.8. The lowest BCUT2D eigenvalue weighted by Gasteiger charge is -2.13. The number of halogens is 2. The van der Waals surface area contributed by atoms with Crippen LogP contribution in [-0.4, -0.2) is 24.2 Å². The smallest absolute Gasteiger partial charge is 0.320 e. The van der Waals surface area contributed by atoms with E-state index in [0.29, 0.717) is 33.1 Å². The van der Waals surface area contributed by atoms with Gasteiger partial charge in [-0.1, -0.05) is 48.3 Å². The molecule has 1 aliphatic carbocycles. The number of para-hydroxylation sites is 1. The van der Waals surface area contributed by atoms with Gasteiger partial charge in [0.15, 0.2) is 0 Å². The molecule has 8 heteroatoms. The lowest BCUT2D eigenvalue weighted by Crippen LogP contribution is -2.32. The number of hydrogen-bond donors (Lipinski definition) is 2. The molecule has 2 N–H and O–H groups in total. The highest BCUT2D eigenvalue weighted by molar-refractivity contribution is 6.35. The minimum Gasteiger partial charge on any atom is -0.495 e. The van der Waals surface area contributed by atoms with Gasteiger partial charge in [-0.3, -0.25) is 5.32 Å². The number of methoxy groups -OCH3 is 1. The Bertz CT molecular complexity index is 1080. The normalized spacial score (nSPS) is 19.4. The highest BCUT2D eigenvalue weighted by atomic mass is 35.5. The third-order valence-corrected chi connectivity index (χ3v) is 5.89. The Morgan fingerprint density at radius 1 is 1.00 bits per heavy atom. The molecule has 0 saturated heterocycles. The summed E-state index contributed by atoms with van der Waals surface area (Å²) in [6.07, 6.45) is 1.56. The molecule has 4 rings (SSSR count). The summed E-state index contributed by atoms with van der Waals surface area (Å²) in [5.41, 5.74) is 0.815. The topological polar surface area (TPSA) is 72.5 Å². The van der Waals surface area contributed by atoms with Gasteiger partial charge in [0, 0.05) is 22.5 Å². The number of aromatic nitrogens is 1. The molecule has 0 bridgehead atoms. The molecule has 31 heavy (non-hydrogen) atoms. The maximum absolute atomic E-state index is 12.5. The fraction of sp³-hybridized carbons (Fsp3) is 0.217. The van der Waals surface area contributed by atoms with E-state index in [4.69, 9.17) is 32.7 Å². The molecule has 1 fully saturated rings. The van der Waals surface area contributed by atoms with Crippen molar-refractivity contribution in [3.05, 3.63) is 76.4 Å². The number of rotatable bonds is 6. The summed E-state index contributed by atoms with van der Waals surface area (Å²) in [7, 11) is 1.56.